The lowest BCUT2D eigenvalue weighted by Crippen LogP contribution is -2.29. The molecule has 0 saturated carbocycles. The summed E-state index contributed by atoms with van der Waals surface area (Å²) in [7, 11) is 0. The van der Waals surface area contributed by atoms with Gasteiger partial charge < -0.3 is 10.6 Å². The third-order valence-corrected chi connectivity index (χ3v) is 3.91. The molecule has 0 atom stereocenters. The summed E-state index contributed by atoms with van der Waals surface area (Å²) in [5.41, 5.74) is 1.65. The summed E-state index contributed by atoms with van der Waals surface area (Å²) >= 11 is 6.28. The highest BCUT2D eigenvalue weighted by atomic mass is 35.5. The lowest BCUT2D eigenvalue weighted by Gasteiger charge is -2.08. The molecule has 2 rings (SSSR count). The number of amides is 1. The molecule has 0 heterocycles. The number of hydrogen-bond donors (Lipinski definition) is 2. The van der Waals surface area contributed by atoms with Crippen LogP contribution in [0.1, 0.15) is 5.56 Å². The van der Waals surface area contributed by atoms with Gasteiger partial charge in [0.1, 0.15) is 0 Å². The van der Waals surface area contributed by atoms with E-state index in [1.165, 1.54) is 0 Å². The number of anilines is 1. The van der Waals surface area contributed by atoms with Crippen LogP contribution in [0.15, 0.2) is 53.4 Å². The molecule has 7 heteroatoms. The van der Waals surface area contributed by atoms with Crippen LogP contribution in [0.2, 0.25) is 5.02 Å². The summed E-state index contributed by atoms with van der Waals surface area (Å²) in [6.45, 7) is 0.524. The standard InChI is InChI=1S/C16H15ClF2N2OS/c17-12-3-1-11(2-4-12)9-21-15(22)10-20-13-5-7-14(8-6-13)23-16(18)19/h1-8,16,20H,9-10H2,(H,21,22). The van der Waals surface area contributed by atoms with E-state index in [0.29, 0.717) is 33.9 Å². The van der Waals surface area contributed by atoms with Crippen molar-refractivity contribution in [1.29, 1.82) is 0 Å². The molecule has 3 nitrogen and oxygen atoms in total. The third kappa shape index (κ3) is 6.46. The fourth-order valence-electron chi connectivity index (χ4n) is 1.80. The van der Waals surface area contributed by atoms with Gasteiger partial charge in [0.15, 0.2) is 0 Å². The minimum Gasteiger partial charge on any atom is -0.376 e. The smallest absolute Gasteiger partial charge is 0.288 e. The van der Waals surface area contributed by atoms with Gasteiger partial charge in [0, 0.05) is 22.2 Å². The summed E-state index contributed by atoms with van der Waals surface area (Å²) < 4.78 is 24.4. The zero-order chi connectivity index (χ0) is 16.7. The van der Waals surface area contributed by atoms with Crippen LogP contribution in [0.5, 0.6) is 0 Å². The fourth-order valence-corrected chi connectivity index (χ4v) is 2.43. The van der Waals surface area contributed by atoms with E-state index in [1.807, 2.05) is 12.1 Å². The van der Waals surface area contributed by atoms with Crippen molar-refractivity contribution in [3.63, 3.8) is 0 Å². The number of halogens is 3. The number of thioether (sulfide) groups is 1. The Morgan fingerprint density at radius 1 is 1.09 bits per heavy atom. The highest BCUT2D eigenvalue weighted by Crippen LogP contribution is 2.26. The largest absolute Gasteiger partial charge is 0.376 e. The second-order valence-corrected chi connectivity index (χ2v) is 6.16. The molecule has 0 aliphatic heterocycles. The first kappa shape index (κ1) is 17.6. The number of carbonyl (C=O) groups is 1. The first-order valence-electron chi connectivity index (χ1n) is 6.83. The highest BCUT2D eigenvalue weighted by Gasteiger charge is 2.05. The van der Waals surface area contributed by atoms with Crippen LogP contribution in [-0.2, 0) is 11.3 Å². The Kier molecular flexibility index (Phi) is 6.67. The molecule has 0 bridgehead atoms. The van der Waals surface area contributed by atoms with Gasteiger partial charge in [0.05, 0.1) is 6.54 Å². The maximum atomic E-state index is 12.2. The second kappa shape index (κ2) is 8.74. The van der Waals surface area contributed by atoms with Crippen LogP contribution in [0, 0.1) is 0 Å². The number of hydrogen-bond acceptors (Lipinski definition) is 3. The number of alkyl halides is 2. The molecule has 1 amide bonds. The lowest BCUT2D eigenvalue weighted by atomic mass is 10.2. The monoisotopic (exact) mass is 356 g/mol. The van der Waals surface area contributed by atoms with Gasteiger partial charge in [-0.05, 0) is 42.0 Å². The van der Waals surface area contributed by atoms with Crippen molar-refractivity contribution in [1.82, 2.24) is 5.32 Å². The summed E-state index contributed by atoms with van der Waals surface area (Å²) in [4.78, 5) is 12.3. The van der Waals surface area contributed by atoms with Gasteiger partial charge in [0.2, 0.25) is 5.91 Å². The van der Waals surface area contributed by atoms with Crippen LogP contribution >= 0.6 is 23.4 Å². The molecule has 0 radical (unpaired) electrons. The topological polar surface area (TPSA) is 41.1 Å². The maximum Gasteiger partial charge on any atom is 0.288 e. The SMILES string of the molecule is O=C(CNc1ccc(SC(F)F)cc1)NCc1ccc(Cl)cc1. The zero-order valence-electron chi connectivity index (χ0n) is 12.1. The number of rotatable bonds is 7. The zero-order valence-corrected chi connectivity index (χ0v) is 13.6. The Labute approximate surface area is 142 Å². The van der Waals surface area contributed by atoms with Crippen LogP contribution in [0.4, 0.5) is 14.5 Å². The lowest BCUT2D eigenvalue weighted by molar-refractivity contribution is -0.119. The van der Waals surface area contributed by atoms with Crippen molar-refractivity contribution in [3.05, 3.63) is 59.1 Å². The Bertz CT molecular complexity index is 636. The number of carbonyl (C=O) groups excluding carboxylic acids is 1. The Balaban J connectivity index is 1.74. The van der Waals surface area contributed by atoms with Gasteiger partial charge >= 0.3 is 0 Å². The van der Waals surface area contributed by atoms with E-state index in [9.17, 15) is 13.6 Å². The summed E-state index contributed by atoms with van der Waals surface area (Å²) in [5.74, 6) is -2.60. The van der Waals surface area contributed by atoms with E-state index in [-0.39, 0.29) is 12.5 Å². The van der Waals surface area contributed by atoms with Crippen LogP contribution < -0.4 is 10.6 Å². The molecule has 0 aliphatic carbocycles. The molecule has 0 aromatic heterocycles. The maximum absolute atomic E-state index is 12.2. The van der Waals surface area contributed by atoms with Crippen LogP contribution in [0.25, 0.3) is 0 Å². The number of benzene rings is 2. The van der Waals surface area contributed by atoms with E-state index in [2.05, 4.69) is 10.6 Å². The predicted octanol–water partition coefficient (Wildman–Crippen LogP) is 4.38. The normalized spacial score (nSPS) is 10.6. The van der Waals surface area contributed by atoms with E-state index in [4.69, 9.17) is 11.6 Å². The van der Waals surface area contributed by atoms with Crippen molar-refractivity contribution in [2.24, 2.45) is 0 Å². The van der Waals surface area contributed by atoms with Crippen LogP contribution in [-0.4, -0.2) is 18.2 Å². The molecule has 122 valence electrons. The van der Waals surface area contributed by atoms with Gasteiger partial charge in [0.25, 0.3) is 5.76 Å². The summed E-state index contributed by atoms with van der Waals surface area (Å²) in [6.07, 6.45) is 0. The molecule has 0 unspecified atom stereocenters. The average Bonchev–Trinajstić information content (AvgIpc) is 2.53. The van der Waals surface area contributed by atoms with Crippen LogP contribution in [0.3, 0.4) is 0 Å². The Hall–Kier alpha value is -1.79. The third-order valence-electron chi connectivity index (χ3n) is 2.94. The van der Waals surface area contributed by atoms with Crippen molar-refractivity contribution >= 4 is 35.0 Å². The molecule has 0 fully saturated rings. The van der Waals surface area contributed by atoms with Crippen molar-refractivity contribution in [2.45, 2.75) is 17.2 Å². The molecule has 0 spiro atoms. The van der Waals surface area contributed by atoms with E-state index < -0.39 is 5.76 Å². The van der Waals surface area contributed by atoms with Gasteiger partial charge in [-0.2, -0.15) is 8.78 Å². The highest BCUT2D eigenvalue weighted by molar-refractivity contribution is 7.99. The van der Waals surface area contributed by atoms with E-state index in [1.54, 1.807) is 36.4 Å². The molecule has 2 aromatic rings. The molecular formula is C16H15ClF2N2OS. The fraction of sp³-hybridized carbons (Fsp3) is 0.188. The van der Waals surface area contributed by atoms with E-state index >= 15 is 0 Å². The minimum absolute atomic E-state index is 0.106. The molecule has 2 N–H and O–H groups in total. The van der Waals surface area contributed by atoms with Gasteiger partial charge in [-0.3, -0.25) is 4.79 Å². The van der Waals surface area contributed by atoms with Crippen molar-refractivity contribution < 1.29 is 13.6 Å². The Morgan fingerprint density at radius 3 is 2.35 bits per heavy atom. The van der Waals surface area contributed by atoms with Gasteiger partial charge in [-0.15, -0.1) is 0 Å². The minimum atomic E-state index is -2.44. The number of nitrogens with one attached hydrogen (secondary N) is 2. The molecule has 2 aromatic carbocycles. The second-order valence-electron chi connectivity index (χ2n) is 4.66. The van der Waals surface area contributed by atoms with Crippen molar-refractivity contribution in [3.8, 4) is 0 Å². The average molecular weight is 357 g/mol. The van der Waals surface area contributed by atoms with Gasteiger partial charge in [-0.25, -0.2) is 0 Å². The van der Waals surface area contributed by atoms with E-state index in [0.717, 1.165) is 5.56 Å². The summed E-state index contributed by atoms with van der Waals surface area (Å²) in [6, 6.07) is 13.7. The van der Waals surface area contributed by atoms with Crippen molar-refractivity contribution in [2.75, 3.05) is 11.9 Å². The molecule has 0 saturated heterocycles. The predicted molar refractivity (Wildman–Crippen MR) is 90.1 cm³/mol. The summed E-state index contributed by atoms with van der Waals surface area (Å²) in [5, 5.41) is 6.37. The first-order chi connectivity index (χ1) is 11.0. The Morgan fingerprint density at radius 2 is 1.74 bits per heavy atom. The quantitative estimate of drug-likeness (QED) is 0.723. The van der Waals surface area contributed by atoms with Gasteiger partial charge in [-0.1, -0.05) is 35.5 Å². The molecular weight excluding hydrogens is 342 g/mol. The molecule has 0 aliphatic rings. The first-order valence-corrected chi connectivity index (χ1v) is 8.08. The molecule has 23 heavy (non-hydrogen) atoms.